The van der Waals surface area contributed by atoms with Crippen LogP contribution in [-0.4, -0.2) is 11.5 Å². The Kier molecular flexibility index (Phi) is 4.97. The Bertz CT molecular complexity index is 594. The average Bonchev–Trinajstić information content (AvgIpc) is 2.38. The van der Waals surface area contributed by atoms with Gasteiger partial charge in [0.15, 0.2) is 11.2 Å². The van der Waals surface area contributed by atoms with Gasteiger partial charge in [0.25, 0.3) is 4.21 Å². The SMILES string of the molecule is Cc1c[s+]c(SCC(=O)c2ccc(Cl)cc2)c(C)c1. The van der Waals surface area contributed by atoms with E-state index in [1.165, 1.54) is 15.3 Å². The van der Waals surface area contributed by atoms with Crippen LogP contribution in [-0.2, 0) is 0 Å². The number of thioether (sulfide) groups is 1. The Labute approximate surface area is 126 Å². The van der Waals surface area contributed by atoms with Crippen LogP contribution in [0.5, 0.6) is 0 Å². The van der Waals surface area contributed by atoms with Crippen molar-refractivity contribution in [3.8, 4) is 0 Å². The number of hydrogen-bond donors (Lipinski definition) is 0. The quantitative estimate of drug-likeness (QED) is 0.434. The fourth-order valence-corrected chi connectivity index (χ4v) is 3.71. The van der Waals surface area contributed by atoms with Crippen molar-refractivity contribution in [3.63, 3.8) is 0 Å². The van der Waals surface area contributed by atoms with Crippen LogP contribution in [0.4, 0.5) is 0 Å². The molecule has 1 aromatic carbocycles. The van der Waals surface area contributed by atoms with Gasteiger partial charge in [0, 0.05) is 21.7 Å². The van der Waals surface area contributed by atoms with Gasteiger partial charge in [0.05, 0.1) is 5.75 Å². The van der Waals surface area contributed by atoms with Gasteiger partial charge in [-0.3, -0.25) is 4.79 Å². The maximum atomic E-state index is 12.0. The minimum Gasteiger partial charge on any atom is -0.293 e. The molecule has 1 heterocycles. The van der Waals surface area contributed by atoms with E-state index in [1.54, 1.807) is 47.4 Å². The van der Waals surface area contributed by atoms with Crippen molar-refractivity contribution < 1.29 is 4.79 Å². The predicted molar refractivity (Wildman–Crippen MR) is 84.7 cm³/mol. The first-order valence-corrected chi connectivity index (χ1v) is 8.11. The lowest BCUT2D eigenvalue weighted by Crippen LogP contribution is -2.01. The molecule has 0 fully saturated rings. The largest absolute Gasteiger partial charge is 0.293 e. The van der Waals surface area contributed by atoms with E-state index in [0.29, 0.717) is 16.3 Å². The van der Waals surface area contributed by atoms with Gasteiger partial charge in [0.2, 0.25) is 11.3 Å². The van der Waals surface area contributed by atoms with E-state index >= 15 is 0 Å². The summed E-state index contributed by atoms with van der Waals surface area (Å²) in [7, 11) is 0. The number of aryl methyl sites for hydroxylation is 2. The molecule has 0 spiro atoms. The molecule has 1 nitrogen and oxygen atoms in total. The number of benzene rings is 1. The summed E-state index contributed by atoms with van der Waals surface area (Å²) >= 11 is 9.10. The molecule has 0 saturated carbocycles. The summed E-state index contributed by atoms with van der Waals surface area (Å²) in [5.41, 5.74) is 3.21. The molecule has 0 radical (unpaired) electrons. The fraction of sp³-hybridized carbons (Fsp3) is 0.200. The van der Waals surface area contributed by atoms with Gasteiger partial charge in [-0.25, -0.2) is 0 Å². The standard InChI is InChI=1S/C15H14ClOS2/c1-10-7-11(2)15(18-8-10)19-9-14(17)12-3-5-13(16)6-4-12/h3-8H,9H2,1-2H3/q+1. The number of carbonyl (C=O) groups excluding carboxylic acids is 1. The van der Waals surface area contributed by atoms with Gasteiger partial charge < -0.3 is 0 Å². The summed E-state index contributed by atoms with van der Waals surface area (Å²) in [5, 5.41) is 2.77. The Morgan fingerprint density at radius 3 is 2.58 bits per heavy atom. The molecule has 0 aliphatic rings. The molecule has 0 bridgehead atoms. The maximum absolute atomic E-state index is 12.0. The number of carbonyl (C=O) groups is 1. The molecule has 98 valence electrons. The summed E-state index contributed by atoms with van der Waals surface area (Å²) in [6, 6.07) is 9.19. The zero-order valence-corrected chi connectivity index (χ0v) is 13.2. The number of hydrogen-bond acceptors (Lipinski definition) is 2. The van der Waals surface area contributed by atoms with E-state index < -0.39 is 0 Å². The minimum absolute atomic E-state index is 0.133. The number of ketones is 1. The predicted octanol–water partition coefficient (Wildman–Crippen LogP) is 5.27. The van der Waals surface area contributed by atoms with Crippen LogP contribution in [0.3, 0.4) is 0 Å². The Morgan fingerprint density at radius 2 is 1.95 bits per heavy atom. The molecule has 19 heavy (non-hydrogen) atoms. The lowest BCUT2D eigenvalue weighted by atomic mass is 10.1. The molecule has 0 aliphatic carbocycles. The Balaban J connectivity index is 2.02. The van der Waals surface area contributed by atoms with Crippen molar-refractivity contribution in [2.24, 2.45) is 0 Å². The van der Waals surface area contributed by atoms with Crippen molar-refractivity contribution in [1.82, 2.24) is 0 Å². The van der Waals surface area contributed by atoms with Crippen molar-refractivity contribution in [3.05, 3.63) is 57.4 Å². The van der Waals surface area contributed by atoms with Crippen LogP contribution in [0.25, 0.3) is 0 Å². The first-order chi connectivity index (χ1) is 9.06. The van der Waals surface area contributed by atoms with E-state index in [2.05, 4.69) is 25.3 Å². The lowest BCUT2D eigenvalue weighted by molar-refractivity contribution is 0.102. The molecule has 0 amide bonds. The highest BCUT2D eigenvalue weighted by Crippen LogP contribution is 2.28. The van der Waals surface area contributed by atoms with Crippen LogP contribution >= 0.6 is 34.7 Å². The third kappa shape index (κ3) is 4.03. The number of Topliss-reactive ketones (excluding diaryl/α,β-unsaturated/α-hetero) is 1. The molecule has 1 aromatic heterocycles. The van der Waals surface area contributed by atoms with Crippen LogP contribution in [0.1, 0.15) is 21.5 Å². The Morgan fingerprint density at radius 1 is 1.26 bits per heavy atom. The normalized spacial score (nSPS) is 10.5. The summed E-state index contributed by atoms with van der Waals surface area (Å²) < 4.78 is 1.20. The summed E-state index contributed by atoms with van der Waals surface area (Å²) in [6.45, 7) is 4.16. The average molecular weight is 310 g/mol. The van der Waals surface area contributed by atoms with Crippen LogP contribution in [0.15, 0.2) is 39.9 Å². The van der Waals surface area contributed by atoms with Crippen molar-refractivity contribution in [1.29, 1.82) is 0 Å². The van der Waals surface area contributed by atoms with E-state index in [9.17, 15) is 4.79 Å². The Hall–Kier alpha value is -0.900. The third-order valence-corrected chi connectivity index (χ3v) is 5.53. The van der Waals surface area contributed by atoms with Crippen molar-refractivity contribution >= 4 is 40.5 Å². The summed E-state index contributed by atoms with van der Waals surface area (Å²) in [4.78, 5) is 12.0. The fourth-order valence-electron chi connectivity index (χ4n) is 1.67. The minimum atomic E-state index is 0.133. The molecule has 0 N–H and O–H groups in total. The monoisotopic (exact) mass is 309 g/mol. The van der Waals surface area contributed by atoms with Gasteiger partial charge in [-0.2, -0.15) is 0 Å². The zero-order valence-electron chi connectivity index (χ0n) is 10.8. The lowest BCUT2D eigenvalue weighted by Gasteiger charge is -2.00. The third-order valence-electron chi connectivity index (χ3n) is 2.62. The molecular formula is C15H14ClOS2+. The molecular weight excluding hydrogens is 296 g/mol. The molecule has 0 atom stereocenters. The number of rotatable bonds is 4. The highest BCUT2D eigenvalue weighted by Gasteiger charge is 2.15. The molecule has 2 aromatic rings. The highest BCUT2D eigenvalue weighted by molar-refractivity contribution is 8.01. The molecule has 0 saturated heterocycles. The topological polar surface area (TPSA) is 17.1 Å². The summed E-state index contributed by atoms with van der Waals surface area (Å²) in [6.07, 6.45) is 0. The molecule has 0 aliphatic heterocycles. The van der Waals surface area contributed by atoms with Crippen LogP contribution in [0, 0.1) is 13.8 Å². The molecule has 0 unspecified atom stereocenters. The van der Waals surface area contributed by atoms with E-state index in [0.717, 1.165) is 0 Å². The number of halogens is 1. The van der Waals surface area contributed by atoms with Gasteiger partial charge in [-0.1, -0.05) is 23.4 Å². The van der Waals surface area contributed by atoms with Gasteiger partial charge in [-0.15, -0.1) is 0 Å². The first-order valence-electron chi connectivity index (χ1n) is 5.87. The maximum Gasteiger partial charge on any atom is 0.267 e. The second-order valence-electron chi connectivity index (χ2n) is 4.31. The molecule has 4 heteroatoms. The van der Waals surface area contributed by atoms with E-state index in [4.69, 9.17) is 11.6 Å². The van der Waals surface area contributed by atoms with Gasteiger partial charge in [-0.05, 0) is 44.2 Å². The second kappa shape index (κ2) is 6.51. The van der Waals surface area contributed by atoms with E-state index in [-0.39, 0.29) is 5.78 Å². The molecule has 2 rings (SSSR count). The summed E-state index contributed by atoms with van der Waals surface area (Å²) in [5.74, 6) is 0.594. The zero-order chi connectivity index (χ0) is 13.8. The van der Waals surface area contributed by atoms with Gasteiger partial charge in [0.1, 0.15) is 0 Å². The van der Waals surface area contributed by atoms with Crippen molar-refractivity contribution in [2.75, 3.05) is 5.75 Å². The highest BCUT2D eigenvalue weighted by atomic mass is 35.5. The van der Waals surface area contributed by atoms with Gasteiger partial charge >= 0.3 is 0 Å². The van der Waals surface area contributed by atoms with E-state index in [1.807, 2.05) is 0 Å². The second-order valence-corrected chi connectivity index (χ2v) is 6.87. The smallest absolute Gasteiger partial charge is 0.267 e. The van der Waals surface area contributed by atoms with Crippen molar-refractivity contribution in [2.45, 2.75) is 18.1 Å². The first kappa shape index (κ1) is 14.5. The van der Waals surface area contributed by atoms with Crippen LogP contribution in [0.2, 0.25) is 5.02 Å². The van der Waals surface area contributed by atoms with Crippen LogP contribution < -0.4 is 0 Å².